The van der Waals surface area contributed by atoms with Gasteiger partial charge in [0.25, 0.3) is 5.56 Å². The van der Waals surface area contributed by atoms with Crippen LogP contribution >= 0.6 is 11.6 Å². The molecule has 0 bridgehead atoms. The molecule has 3 aromatic rings. The monoisotopic (exact) mass is 485 g/mol. The van der Waals surface area contributed by atoms with Gasteiger partial charge in [-0.05, 0) is 30.2 Å². The first-order chi connectivity index (χ1) is 16.3. The second kappa shape index (κ2) is 11.4. The van der Waals surface area contributed by atoms with Crippen LogP contribution in [-0.4, -0.2) is 29.1 Å². The third-order valence-corrected chi connectivity index (χ3v) is 5.49. The fourth-order valence-corrected chi connectivity index (χ4v) is 3.75. The number of hydrogen-bond donors (Lipinski definition) is 3. The summed E-state index contributed by atoms with van der Waals surface area (Å²) < 4.78 is 6.62. The molecule has 4 N–H and O–H groups in total. The van der Waals surface area contributed by atoms with Crippen molar-refractivity contribution in [3.05, 3.63) is 80.0 Å². The second-order valence-corrected chi connectivity index (χ2v) is 8.17. The summed E-state index contributed by atoms with van der Waals surface area (Å²) in [6.07, 6.45) is 1.56. The van der Waals surface area contributed by atoms with Gasteiger partial charge >= 0.3 is 5.69 Å². The zero-order valence-electron chi connectivity index (χ0n) is 19.1. The van der Waals surface area contributed by atoms with Crippen molar-refractivity contribution in [2.45, 2.75) is 32.9 Å². The maximum atomic E-state index is 13.0. The number of anilines is 3. The van der Waals surface area contributed by atoms with Gasteiger partial charge in [-0.15, -0.1) is 0 Å². The lowest BCUT2D eigenvalue weighted by molar-refractivity contribution is -0.115. The lowest BCUT2D eigenvalue weighted by Crippen LogP contribution is -2.41. The van der Waals surface area contributed by atoms with Gasteiger partial charge in [0.1, 0.15) is 17.3 Å². The Morgan fingerprint density at radius 1 is 1.21 bits per heavy atom. The summed E-state index contributed by atoms with van der Waals surface area (Å²) in [6, 6.07) is 14.2. The highest BCUT2D eigenvalue weighted by Gasteiger charge is 2.22. The SMILES string of the molecule is CCCCn1c(N)c(N(CC(=O)Nc2cc(Cl)ccc2OC)Cc2ccccc2)c(=O)[nH]c1=O. The van der Waals surface area contributed by atoms with E-state index in [0.29, 0.717) is 29.4 Å². The van der Waals surface area contributed by atoms with Crippen LogP contribution in [0, 0.1) is 0 Å². The van der Waals surface area contributed by atoms with Crippen molar-refractivity contribution in [2.24, 2.45) is 0 Å². The van der Waals surface area contributed by atoms with Gasteiger partial charge in [-0.25, -0.2) is 4.79 Å². The molecule has 9 nitrogen and oxygen atoms in total. The van der Waals surface area contributed by atoms with Crippen LogP contribution < -0.4 is 31.9 Å². The molecule has 1 aromatic heterocycles. The van der Waals surface area contributed by atoms with Crippen LogP contribution in [0.1, 0.15) is 25.3 Å². The van der Waals surface area contributed by atoms with E-state index in [-0.39, 0.29) is 24.6 Å². The van der Waals surface area contributed by atoms with E-state index < -0.39 is 17.2 Å². The summed E-state index contributed by atoms with van der Waals surface area (Å²) in [5, 5.41) is 3.21. The van der Waals surface area contributed by atoms with E-state index in [4.69, 9.17) is 22.1 Å². The second-order valence-electron chi connectivity index (χ2n) is 7.73. The smallest absolute Gasteiger partial charge is 0.330 e. The minimum atomic E-state index is -0.653. The van der Waals surface area contributed by atoms with Crippen LogP contribution in [0.25, 0.3) is 0 Å². The molecule has 34 heavy (non-hydrogen) atoms. The zero-order chi connectivity index (χ0) is 24.7. The van der Waals surface area contributed by atoms with Gasteiger partial charge in [0, 0.05) is 18.1 Å². The molecular weight excluding hydrogens is 458 g/mol. The van der Waals surface area contributed by atoms with Gasteiger partial charge in [-0.3, -0.25) is 19.1 Å². The fourth-order valence-electron chi connectivity index (χ4n) is 3.58. The Balaban J connectivity index is 1.98. The number of rotatable bonds is 10. The molecule has 3 rings (SSSR count). The van der Waals surface area contributed by atoms with E-state index in [1.807, 2.05) is 37.3 Å². The van der Waals surface area contributed by atoms with E-state index in [1.165, 1.54) is 11.7 Å². The van der Waals surface area contributed by atoms with Crippen LogP contribution in [-0.2, 0) is 17.9 Å². The Labute approximate surface area is 202 Å². The molecule has 180 valence electrons. The number of hydrogen-bond acceptors (Lipinski definition) is 6. The van der Waals surface area contributed by atoms with E-state index >= 15 is 0 Å². The van der Waals surface area contributed by atoms with Gasteiger partial charge in [-0.1, -0.05) is 55.3 Å². The molecular formula is C24H28ClN5O4. The van der Waals surface area contributed by atoms with Gasteiger partial charge in [0.15, 0.2) is 0 Å². The highest BCUT2D eigenvalue weighted by molar-refractivity contribution is 6.31. The molecule has 0 spiro atoms. The molecule has 0 aliphatic carbocycles. The summed E-state index contributed by atoms with van der Waals surface area (Å²) in [5.41, 5.74) is 6.40. The Morgan fingerprint density at radius 3 is 2.62 bits per heavy atom. The van der Waals surface area contributed by atoms with Crippen molar-refractivity contribution < 1.29 is 9.53 Å². The molecule has 1 amide bonds. The molecule has 0 aliphatic rings. The number of carbonyl (C=O) groups is 1. The van der Waals surface area contributed by atoms with Crippen molar-refractivity contribution in [3.8, 4) is 5.75 Å². The van der Waals surface area contributed by atoms with Crippen LogP contribution in [0.15, 0.2) is 58.1 Å². The van der Waals surface area contributed by atoms with Gasteiger partial charge in [0.05, 0.1) is 19.3 Å². The lowest BCUT2D eigenvalue weighted by Gasteiger charge is -2.26. The summed E-state index contributed by atoms with van der Waals surface area (Å²) in [6.45, 7) is 2.37. The average molecular weight is 486 g/mol. The Bertz CT molecular complexity index is 1260. The predicted molar refractivity (Wildman–Crippen MR) is 135 cm³/mol. The number of nitrogens with zero attached hydrogens (tertiary/aromatic N) is 2. The fraction of sp³-hybridized carbons (Fsp3) is 0.292. The molecule has 0 saturated heterocycles. The zero-order valence-corrected chi connectivity index (χ0v) is 19.9. The molecule has 10 heteroatoms. The van der Waals surface area contributed by atoms with Gasteiger partial charge < -0.3 is 20.7 Å². The predicted octanol–water partition coefficient (Wildman–Crippen LogP) is 3.23. The Kier molecular flexibility index (Phi) is 8.37. The highest BCUT2D eigenvalue weighted by Crippen LogP contribution is 2.28. The number of unbranched alkanes of at least 4 members (excludes halogenated alkanes) is 1. The number of ether oxygens (including phenoxy) is 1. The molecule has 0 fully saturated rings. The van der Waals surface area contributed by atoms with Crippen LogP contribution in [0.5, 0.6) is 5.75 Å². The number of amides is 1. The molecule has 0 radical (unpaired) electrons. The molecule has 0 atom stereocenters. The number of methoxy groups -OCH3 is 1. The highest BCUT2D eigenvalue weighted by atomic mass is 35.5. The van der Waals surface area contributed by atoms with Crippen molar-refractivity contribution in [1.29, 1.82) is 0 Å². The largest absolute Gasteiger partial charge is 0.495 e. The van der Waals surface area contributed by atoms with Crippen molar-refractivity contribution in [1.82, 2.24) is 9.55 Å². The van der Waals surface area contributed by atoms with Gasteiger partial charge in [0.2, 0.25) is 5.91 Å². The Hall–Kier alpha value is -3.72. The number of H-pyrrole nitrogens is 1. The molecule has 0 aliphatic heterocycles. The molecule has 0 saturated carbocycles. The van der Waals surface area contributed by atoms with E-state index in [1.54, 1.807) is 23.1 Å². The summed E-state index contributed by atoms with van der Waals surface area (Å²) in [5.74, 6) is 0.0470. The number of halogens is 1. The summed E-state index contributed by atoms with van der Waals surface area (Å²) in [7, 11) is 1.49. The van der Waals surface area contributed by atoms with Crippen molar-refractivity contribution in [3.63, 3.8) is 0 Å². The number of aromatic nitrogens is 2. The maximum absolute atomic E-state index is 13.0. The number of nitrogens with two attached hydrogens (primary N) is 1. The normalized spacial score (nSPS) is 10.7. The first-order valence-corrected chi connectivity index (χ1v) is 11.3. The third-order valence-electron chi connectivity index (χ3n) is 5.25. The molecule has 1 heterocycles. The van der Waals surface area contributed by atoms with Crippen molar-refractivity contribution in [2.75, 3.05) is 29.6 Å². The van der Waals surface area contributed by atoms with Gasteiger partial charge in [-0.2, -0.15) is 0 Å². The summed E-state index contributed by atoms with van der Waals surface area (Å²) in [4.78, 5) is 42.1. The maximum Gasteiger partial charge on any atom is 0.330 e. The van der Waals surface area contributed by atoms with Crippen LogP contribution in [0.4, 0.5) is 17.2 Å². The van der Waals surface area contributed by atoms with Crippen LogP contribution in [0.3, 0.4) is 0 Å². The topological polar surface area (TPSA) is 122 Å². The van der Waals surface area contributed by atoms with Crippen molar-refractivity contribution >= 4 is 34.7 Å². The van der Waals surface area contributed by atoms with E-state index in [9.17, 15) is 14.4 Å². The number of carbonyl (C=O) groups excluding carboxylic acids is 1. The summed E-state index contributed by atoms with van der Waals surface area (Å²) >= 11 is 6.07. The third kappa shape index (κ3) is 5.99. The standard InChI is InChI=1S/C24H28ClN5O4/c1-3-4-12-30-22(26)21(23(32)28-24(30)33)29(14-16-8-6-5-7-9-16)15-20(31)27-18-13-17(25)10-11-19(18)34-2/h5-11,13H,3-4,12,14-15,26H2,1-2H3,(H,27,31)(H,28,32,33). The Morgan fingerprint density at radius 2 is 1.94 bits per heavy atom. The average Bonchev–Trinajstić information content (AvgIpc) is 2.79. The first-order valence-electron chi connectivity index (χ1n) is 10.9. The van der Waals surface area contributed by atoms with Crippen LogP contribution in [0.2, 0.25) is 5.02 Å². The number of nitrogen functional groups attached to an aromatic ring is 1. The quantitative estimate of drug-likeness (QED) is 0.405. The minimum absolute atomic E-state index is 0.0197. The minimum Gasteiger partial charge on any atom is -0.495 e. The molecule has 0 unspecified atom stereocenters. The van der Waals surface area contributed by atoms with E-state index in [2.05, 4.69) is 10.3 Å². The number of aromatic amines is 1. The number of benzene rings is 2. The van der Waals surface area contributed by atoms with E-state index in [0.717, 1.165) is 12.0 Å². The lowest BCUT2D eigenvalue weighted by atomic mass is 10.2. The molecule has 2 aromatic carbocycles. The number of nitrogens with one attached hydrogen (secondary N) is 2. The first kappa shape index (κ1) is 24.9.